The number of fused-ring (bicyclic) bond motifs is 1. The third-order valence-electron chi connectivity index (χ3n) is 3.24. The topological polar surface area (TPSA) is 92.5 Å². The lowest BCUT2D eigenvalue weighted by Crippen LogP contribution is -2.52. The van der Waals surface area contributed by atoms with Crippen LogP contribution in [0.15, 0.2) is 18.2 Å². The zero-order valence-electron chi connectivity index (χ0n) is 12.6. The summed E-state index contributed by atoms with van der Waals surface area (Å²) in [5, 5.41) is 2.76. The first-order chi connectivity index (χ1) is 9.63. The van der Waals surface area contributed by atoms with Crippen LogP contribution in [0.25, 0.3) is 0 Å². The van der Waals surface area contributed by atoms with Gasteiger partial charge in [0.25, 0.3) is 11.8 Å². The van der Waals surface area contributed by atoms with Crippen LogP contribution in [0.1, 0.15) is 48.4 Å². The number of benzene rings is 1. The highest BCUT2D eigenvalue weighted by Gasteiger charge is 2.42. The summed E-state index contributed by atoms with van der Waals surface area (Å²) in [4.78, 5) is 37.9. The van der Waals surface area contributed by atoms with Crippen LogP contribution in [-0.2, 0) is 4.79 Å². The van der Waals surface area contributed by atoms with E-state index in [9.17, 15) is 14.4 Å². The Morgan fingerprint density at radius 1 is 1.24 bits per heavy atom. The number of nitrogen functional groups attached to an aromatic ring is 1. The van der Waals surface area contributed by atoms with Crippen LogP contribution in [0, 0.1) is 0 Å². The van der Waals surface area contributed by atoms with E-state index in [1.807, 2.05) is 20.8 Å². The summed E-state index contributed by atoms with van der Waals surface area (Å²) in [6, 6.07) is 3.83. The third kappa shape index (κ3) is 2.61. The SMILES string of the molecule is CC(C(=O)NC(C)(C)C)N1C(=O)c2cccc(N)c2C1=O. The quantitative estimate of drug-likeness (QED) is 0.631. The molecule has 1 aromatic carbocycles. The zero-order chi connectivity index (χ0) is 15.9. The normalized spacial score (nSPS) is 15.9. The van der Waals surface area contributed by atoms with E-state index in [2.05, 4.69) is 5.32 Å². The molecule has 112 valence electrons. The van der Waals surface area contributed by atoms with Gasteiger partial charge in [0.1, 0.15) is 6.04 Å². The number of rotatable bonds is 2. The fourth-order valence-corrected chi connectivity index (χ4v) is 2.27. The molecule has 2 rings (SSSR count). The average molecular weight is 289 g/mol. The smallest absolute Gasteiger partial charge is 0.264 e. The lowest BCUT2D eigenvalue weighted by atomic mass is 10.1. The van der Waals surface area contributed by atoms with Crippen LogP contribution >= 0.6 is 0 Å². The molecular weight excluding hydrogens is 270 g/mol. The van der Waals surface area contributed by atoms with Gasteiger partial charge in [-0.3, -0.25) is 19.3 Å². The van der Waals surface area contributed by atoms with E-state index >= 15 is 0 Å². The number of anilines is 1. The molecule has 3 N–H and O–H groups in total. The monoisotopic (exact) mass is 289 g/mol. The zero-order valence-corrected chi connectivity index (χ0v) is 12.6. The van der Waals surface area contributed by atoms with Gasteiger partial charge in [0.2, 0.25) is 5.91 Å². The van der Waals surface area contributed by atoms with E-state index in [0.29, 0.717) is 0 Å². The number of nitrogens with two attached hydrogens (primary N) is 1. The largest absolute Gasteiger partial charge is 0.398 e. The molecule has 0 fully saturated rings. The molecule has 0 radical (unpaired) electrons. The molecule has 0 bridgehead atoms. The molecule has 0 aromatic heterocycles. The molecule has 0 spiro atoms. The predicted molar refractivity (Wildman–Crippen MR) is 78.7 cm³/mol. The van der Waals surface area contributed by atoms with Crippen LogP contribution in [0.2, 0.25) is 0 Å². The number of nitrogens with zero attached hydrogens (tertiary/aromatic N) is 1. The molecule has 1 unspecified atom stereocenters. The summed E-state index contributed by atoms with van der Waals surface area (Å²) >= 11 is 0. The van der Waals surface area contributed by atoms with E-state index in [0.717, 1.165) is 4.90 Å². The fraction of sp³-hybridized carbons (Fsp3) is 0.400. The Labute approximate surface area is 123 Å². The molecule has 1 aliphatic heterocycles. The Kier molecular flexibility index (Phi) is 3.49. The maximum absolute atomic E-state index is 12.4. The van der Waals surface area contributed by atoms with Gasteiger partial charge in [-0.25, -0.2) is 0 Å². The van der Waals surface area contributed by atoms with Gasteiger partial charge in [0, 0.05) is 11.2 Å². The predicted octanol–water partition coefficient (Wildman–Crippen LogP) is 1.17. The maximum Gasteiger partial charge on any atom is 0.264 e. The molecule has 1 atom stereocenters. The molecule has 6 nitrogen and oxygen atoms in total. The second kappa shape index (κ2) is 4.87. The highest BCUT2D eigenvalue weighted by molar-refractivity contribution is 6.24. The molecule has 1 aliphatic rings. The van der Waals surface area contributed by atoms with Crippen LogP contribution in [-0.4, -0.2) is 34.2 Å². The number of amides is 3. The van der Waals surface area contributed by atoms with Crippen molar-refractivity contribution >= 4 is 23.4 Å². The number of hydrogen-bond donors (Lipinski definition) is 2. The third-order valence-corrected chi connectivity index (χ3v) is 3.24. The Morgan fingerprint density at radius 3 is 2.38 bits per heavy atom. The summed E-state index contributed by atoms with van der Waals surface area (Å²) in [5.74, 6) is -1.39. The molecule has 0 saturated heterocycles. The standard InChI is InChI=1S/C15H19N3O3/c1-8(12(19)17-15(2,3)4)18-13(20)9-6-5-7-10(16)11(9)14(18)21/h5-8H,16H2,1-4H3,(H,17,19). The molecule has 21 heavy (non-hydrogen) atoms. The maximum atomic E-state index is 12.4. The van der Waals surface area contributed by atoms with Crippen molar-refractivity contribution < 1.29 is 14.4 Å². The second-order valence-corrected chi connectivity index (χ2v) is 6.17. The Balaban J connectivity index is 2.32. The number of hydrogen-bond acceptors (Lipinski definition) is 4. The van der Waals surface area contributed by atoms with E-state index in [1.165, 1.54) is 6.92 Å². The summed E-state index contributed by atoms with van der Waals surface area (Å²) in [7, 11) is 0. The van der Waals surface area contributed by atoms with Crippen molar-refractivity contribution in [3.63, 3.8) is 0 Å². The van der Waals surface area contributed by atoms with Gasteiger partial charge in [-0.1, -0.05) is 6.07 Å². The molecule has 0 aliphatic carbocycles. The highest BCUT2D eigenvalue weighted by atomic mass is 16.2. The lowest BCUT2D eigenvalue weighted by molar-refractivity contribution is -0.125. The van der Waals surface area contributed by atoms with Gasteiger partial charge >= 0.3 is 0 Å². The van der Waals surface area contributed by atoms with Crippen LogP contribution in [0.3, 0.4) is 0 Å². The summed E-state index contributed by atoms with van der Waals surface area (Å²) in [5.41, 5.74) is 5.99. The van der Waals surface area contributed by atoms with Crippen LogP contribution in [0.4, 0.5) is 5.69 Å². The summed E-state index contributed by atoms with van der Waals surface area (Å²) < 4.78 is 0. The molecule has 1 heterocycles. The van der Waals surface area contributed by atoms with Crippen molar-refractivity contribution in [1.29, 1.82) is 0 Å². The van der Waals surface area contributed by atoms with Gasteiger partial charge in [-0.15, -0.1) is 0 Å². The Morgan fingerprint density at radius 2 is 1.86 bits per heavy atom. The van der Waals surface area contributed by atoms with Crippen LogP contribution in [0.5, 0.6) is 0 Å². The molecule has 6 heteroatoms. The number of nitrogens with one attached hydrogen (secondary N) is 1. The van der Waals surface area contributed by atoms with Crippen molar-refractivity contribution in [3.05, 3.63) is 29.3 Å². The first-order valence-electron chi connectivity index (χ1n) is 6.72. The fourth-order valence-electron chi connectivity index (χ4n) is 2.27. The van der Waals surface area contributed by atoms with Crippen molar-refractivity contribution in [2.75, 3.05) is 5.73 Å². The van der Waals surface area contributed by atoms with Crippen molar-refractivity contribution in [3.8, 4) is 0 Å². The minimum atomic E-state index is -0.893. The van der Waals surface area contributed by atoms with Gasteiger partial charge in [-0.2, -0.15) is 0 Å². The van der Waals surface area contributed by atoms with Crippen LogP contribution < -0.4 is 11.1 Å². The van der Waals surface area contributed by atoms with Crippen molar-refractivity contribution in [1.82, 2.24) is 10.2 Å². The van der Waals surface area contributed by atoms with Gasteiger partial charge in [-0.05, 0) is 39.8 Å². The van der Waals surface area contributed by atoms with Crippen molar-refractivity contribution in [2.24, 2.45) is 0 Å². The van der Waals surface area contributed by atoms with E-state index in [1.54, 1.807) is 18.2 Å². The number of imide groups is 1. The minimum absolute atomic E-state index is 0.179. The van der Waals surface area contributed by atoms with Gasteiger partial charge < -0.3 is 11.1 Å². The Hall–Kier alpha value is -2.37. The van der Waals surface area contributed by atoms with Crippen molar-refractivity contribution in [2.45, 2.75) is 39.3 Å². The highest BCUT2D eigenvalue weighted by Crippen LogP contribution is 2.29. The molecule has 1 aromatic rings. The van der Waals surface area contributed by atoms with Gasteiger partial charge in [0.15, 0.2) is 0 Å². The van der Waals surface area contributed by atoms with E-state index in [-0.39, 0.29) is 22.7 Å². The van der Waals surface area contributed by atoms with Gasteiger partial charge in [0.05, 0.1) is 11.1 Å². The molecule has 0 saturated carbocycles. The average Bonchev–Trinajstić information content (AvgIpc) is 2.60. The number of carbonyl (C=O) groups excluding carboxylic acids is 3. The first kappa shape index (κ1) is 15.0. The molecular formula is C15H19N3O3. The summed E-state index contributed by atoms with van der Waals surface area (Å²) in [6.45, 7) is 7.02. The Bertz CT molecular complexity index is 632. The summed E-state index contributed by atoms with van der Waals surface area (Å²) in [6.07, 6.45) is 0. The lowest BCUT2D eigenvalue weighted by Gasteiger charge is -2.27. The second-order valence-electron chi connectivity index (χ2n) is 6.17. The molecule has 3 amide bonds. The minimum Gasteiger partial charge on any atom is -0.398 e. The first-order valence-corrected chi connectivity index (χ1v) is 6.72. The number of carbonyl (C=O) groups is 3. The van der Waals surface area contributed by atoms with E-state index < -0.39 is 23.4 Å². The van der Waals surface area contributed by atoms with E-state index in [4.69, 9.17) is 5.73 Å².